The average Bonchev–Trinajstić information content (AvgIpc) is 3.19. The summed E-state index contributed by atoms with van der Waals surface area (Å²) in [7, 11) is 0. The van der Waals surface area contributed by atoms with Crippen LogP contribution in [-0.2, 0) is 23.7 Å². The summed E-state index contributed by atoms with van der Waals surface area (Å²) in [4.78, 5) is 0. The molecule has 0 aliphatic carbocycles. The summed E-state index contributed by atoms with van der Waals surface area (Å²) < 4.78 is 26.6. The van der Waals surface area contributed by atoms with Gasteiger partial charge in [0.2, 0.25) is 0 Å². The van der Waals surface area contributed by atoms with Gasteiger partial charge in [-0.3, -0.25) is 0 Å². The largest absolute Gasteiger partial charge is 0.377 e. The molecule has 0 aromatic heterocycles. The fourth-order valence-corrected chi connectivity index (χ4v) is 1.33. The van der Waals surface area contributed by atoms with Crippen molar-refractivity contribution in [1.29, 1.82) is 0 Å². The predicted molar refractivity (Wildman–Crippen MR) is 61.2 cm³/mol. The zero-order chi connectivity index (χ0) is 12.2. The zero-order valence-corrected chi connectivity index (χ0v) is 10.7. The molecular weight excluding hydrogens is 224 g/mol. The van der Waals surface area contributed by atoms with Crippen LogP contribution in [0.4, 0.5) is 0 Å². The monoisotopic (exact) mass is 246 g/mol. The highest BCUT2D eigenvalue weighted by Gasteiger charge is 2.39. The van der Waals surface area contributed by atoms with Crippen LogP contribution in [0.25, 0.3) is 0 Å². The lowest BCUT2D eigenvalue weighted by Gasteiger charge is -2.09. The van der Waals surface area contributed by atoms with Crippen LogP contribution in [0.15, 0.2) is 0 Å². The Balaban J connectivity index is 1.30. The first-order valence-corrected chi connectivity index (χ1v) is 6.13. The Labute approximate surface area is 102 Å². The normalized spacial score (nSPS) is 34.9. The molecule has 2 atom stereocenters. The van der Waals surface area contributed by atoms with Crippen LogP contribution >= 0.6 is 0 Å². The first kappa shape index (κ1) is 13.2. The number of hydrogen-bond donors (Lipinski definition) is 0. The van der Waals surface area contributed by atoms with Gasteiger partial charge in [0.05, 0.1) is 52.9 Å². The standard InChI is InChI=1S/C12H22O5/c1-11(9-16-11)7-14-5-3-13-4-6-15-8-12(2)10-17-12/h3-10H2,1-2H3. The summed E-state index contributed by atoms with van der Waals surface area (Å²) in [6.07, 6.45) is 0. The molecule has 5 heteroatoms. The van der Waals surface area contributed by atoms with Crippen molar-refractivity contribution in [2.24, 2.45) is 0 Å². The van der Waals surface area contributed by atoms with Gasteiger partial charge in [0.25, 0.3) is 0 Å². The van der Waals surface area contributed by atoms with Gasteiger partial charge in [-0.25, -0.2) is 0 Å². The summed E-state index contributed by atoms with van der Waals surface area (Å²) in [6.45, 7) is 9.45. The van der Waals surface area contributed by atoms with E-state index >= 15 is 0 Å². The minimum atomic E-state index is -0.0250. The van der Waals surface area contributed by atoms with E-state index in [1.165, 1.54) is 0 Å². The molecule has 17 heavy (non-hydrogen) atoms. The summed E-state index contributed by atoms with van der Waals surface area (Å²) in [5.74, 6) is 0. The maximum atomic E-state index is 5.42. The number of rotatable bonds is 10. The van der Waals surface area contributed by atoms with E-state index in [1.54, 1.807) is 0 Å². The van der Waals surface area contributed by atoms with Gasteiger partial charge in [0.1, 0.15) is 11.2 Å². The predicted octanol–water partition coefficient (Wildman–Crippen LogP) is 0.614. The van der Waals surface area contributed by atoms with Crippen molar-refractivity contribution in [2.45, 2.75) is 25.0 Å². The molecule has 2 unspecified atom stereocenters. The van der Waals surface area contributed by atoms with Crippen molar-refractivity contribution < 1.29 is 23.7 Å². The fourth-order valence-electron chi connectivity index (χ4n) is 1.33. The summed E-state index contributed by atoms with van der Waals surface area (Å²) in [5.41, 5.74) is -0.0500. The van der Waals surface area contributed by atoms with Crippen molar-refractivity contribution in [1.82, 2.24) is 0 Å². The molecule has 0 amide bonds. The molecule has 0 N–H and O–H groups in total. The Hall–Kier alpha value is -0.200. The lowest BCUT2D eigenvalue weighted by Crippen LogP contribution is -2.19. The molecule has 2 aliphatic heterocycles. The zero-order valence-electron chi connectivity index (χ0n) is 10.7. The molecule has 100 valence electrons. The van der Waals surface area contributed by atoms with E-state index in [4.69, 9.17) is 23.7 Å². The van der Waals surface area contributed by atoms with E-state index in [0.29, 0.717) is 39.6 Å². The van der Waals surface area contributed by atoms with Crippen LogP contribution < -0.4 is 0 Å². The Morgan fingerprint density at radius 2 is 1.12 bits per heavy atom. The topological polar surface area (TPSA) is 52.8 Å². The van der Waals surface area contributed by atoms with Gasteiger partial charge in [0.15, 0.2) is 0 Å². The molecule has 2 aliphatic rings. The maximum Gasteiger partial charge on any atom is 0.112 e. The van der Waals surface area contributed by atoms with Crippen LogP contribution in [0.3, 0.4) is 0 Å². The third-order valence-electron chi connectivity index (χ3n) is 2.83. The van der Waals surface area contributed by atoms with Crippen molar-refractivity contribution in [3.63, 3.8) is 0 Å². The second kappa shape index (κ2) is 5.63. The van der Waals surface area contributed by atoms with Gasteiger partial charge in [-0.2, -0.15) is 0 Å². The van der Waals surface area contributed by atoms with Gasteiger partial charge >= 0.3 is 0 Å². The summed E-state index contributed by atoms with van der Waals surface area (Å²) in [5, 5.41) is 0. The molecule has 2 fully saturated rings. The summed E-state index contributed by atoms with van der Waals surface area (Å²) in [6, 6.07) is 0. The van der Waals surface area contributed by atoms with Crippen molar-refractivity contribution in [3.8, 4) is 0 Å². The molecule has 2 heterocycles. The lowest BCUT2D eigenvalue weighted by atomic mass is 10.2. The molecule has 0 radical (unpaired) electrons. The Morgan fingerprint density at radius 1 is 0.765 bits per heavy atom. The molecule has 0 saturated carbocycles. The molecule has 0 bridgehead atoms. The SMILES string of the molecule is CC1(COCCOCCOCC2(C)CO2)CO1. The third-order valence-corrected chi connectivity index (χ3v) is 2.83. The highest BCUT2D eigenvalue weighted by Crippen LogP contribution is 2.26. The maximum absolute atomic E-state index is 5.42. The molecule has 2 saturated heterocycles. The molecule has 0 aromatic carbocycles. The minimum Gasteiger partial charge on any atom is -0.377 e. The fraction of sp³-hybridized carbons (Fsp3) is 1.00. The highest BCUT2D eigenvalue weighted by molar-refractivity contribution is 4.86. The van der Waals surface area contributed by atoms with Gasteiger partial charge < -0.3 is 23.7 Å². The Kier molecular flexibility index (Phi) is 4.38. The van der Waals surface area contributed by atoms with Gasteiger partial charge in [-0.15, -0.1) is 0 Å². The van der Waals surface area contributed by atoms with Crippen molar-refractivity contribution in [3.05, 3.63) is 0 Å². The second-order valence-corrected chi connectivity index (χ2v) is 5.19. The molecular formula is C12H22O5. The third kappa shape index (κ3) is 5.31. The second-order valence-electron chi connectivity index (χ2n) is 5.19. The van der Waals surface area contributed by atoms with Crippen LogP contribution in [0.1, 0.15) is 13.8 Å². The van der Waals surface area contributed by atoms with Crippen LogP contribution in [0, 0.1) is 0 Å². The van der Waals surface area contributed by atoms with E-state index in [1.807, 2.05) is 13.8 Å². The molecule has 2 rings (SSSR count). The molecule has 5 nitrogen and oxygen atoms in total. The number of hydrogen-bond acceptors (Lipinski definition) is 5. The van der Waals surface area contributed by atoms with Crippen molar-refractivity contribution in [2.75, 3.05) is 52.9 Å². The minimum absolute atomic E-state index is 0.0250. The smallest absolute Gasteiger partial charge is 0.112 e. The van der Waals surface area contributed by atoms with Crippen LogP contribution in [-0.4, -0.2) is 64.1 Å². The van der Waals surface area contributed by atoms with E-state index in [-0.39, 0.29) is 11.2 Å². The first-order chi connectivity index (χ1) is 8.12. The lowest BCUT2D eigenvalue weighted by molar-refractivity contribution is -0.00238. The van der Waals surface area contributed by atoms with Gasteiger partial charge in [-0.1, -0.05) is 0 Å². The quantitative estimate of drug-likeness (QED) is 0.417. The highest BCUT2D eigenvalue weighted by atomic mass is 16.6. The van der Waals surface area contributed by atoms with Gasteiger partial charge in [-0.05, 0) is 13.8 Å². The summed E-state index contributed by atoms with van der Waals surface area (Å²) >= 11 is 0. The van der Waals surface area contributed by atoms with Crippen LogP contribution in [0.5, 0.6) is 0 Å². The number of ether oxygens (including phenoxy) is 5. The van der Waals surface area contributed by atoms with Gasteiger partial charge in [0, 0.05) is 0 Å². The number of epoxide rings is 2. The molecule has 0 aromatic rings. The average molecular weight is 246 g/mol. The van der Waals surface area contributed by atoms with E-state index in [0.717, 1.165) is 13.2 Å². The van der Waals surface area contributed by atoms with E-state index in [2.05, 4.69) is 0 Å². The Bertz CT molecular complexity index is 211. The van der Waals surface area contributed by atoms with E-state index < -0.39 is 0 Å². The first-order valence-electron chi connectivity index (χ1n) is 6.13. The van der Waals surface area contributed by atoms with Crippen LogP contribution in [0.2, 0.25) is 0 Å². The Morgan fingerprint density at radius 3 is 1.47 bits per heavy atom. The molecule has 0 spiro atoms. The van der Waals surface area contributed by atoms with Crippen molar-refractivity contribution >= 4 is 0 Å². The van der Waals surface area contributed by atoms with E-state index in [9.17, 15) is 0 Å².